The van der Waals surface area contributed by atoms with Crippen LogP contribution in [0.3, 0.4) is 0 Å². The van der Waals surface area contributed by atoms with E-state index < -0.39 is 0 Å². The largest absolute Gasteiger partial charge is 0.490 e. The molecule has 2 N–H and O–H groups in total. The molecular formula is C33H36Cl2N2O5. The maximum atomic E-state index is 13.9. The number of hydrogen-bond acceptors (Lipinski definition) is 5. The number of ether oxygens (including phenoxy) is 2. The molecule has 5 rings (SSSR count). The number of carboxylic acid groups (broad SMARTS) is 1. The van der Waals surface area contributed by atoms with Crippen molar-refractivity contribution in [3.05, 3.63) is 98.5 Å². The predicted molar refractivity (Wildman–Crippen MR) is 166 cm³/mol. The van der Waals surface area contributed by atoms with Crippen LogP contribution in [0.1, 0.15) is 41.5 Å². The summed E-state index contributed by atoms with van der Waals surface area (Å²) < 4.78 is 11.6. The molecule has 222 valence electrons. The van der Waals surface area contributed by atoms with Crippen molar-refractivity contribution in [1.82, 2.24) is 10.2 Å². The van der Waals surface area contributed by atoms with Crippen molar-refractivity contribution in [3.8, 4) is 11.5 Å². The molecule has 1 fully saturated rings. The number of aryl methyl sites for hydroxylation is 1. The SMILES string of the molecule is Cc1cccc(CN(C(=O)C2=C(c3ccc(OCCOc4cc(Cl)ccc4Cl)cc3)CCNC2)C2CC2)c1C.O=CO. The maximum Gasteiger partial charge on any atom is 0.290 e. The molecule has 42 heavy (non-hydrogen) atoms. The Morgan fingerprint density at radius 3 is 2.48 bits per heavy atom. The standard InChI is InChI=1S/C32H34Cl2N2O3.CH2O2/c1-21-4-3-5-24(22(21)2)20-36(26-9-10-26)32(37)29-19-35-15-14-28(29)23-6-11-27(12-7-23)38-16-17-39-31-18-25(33)8-13-30(31)34;2-1-3/h3-8,11-13,18,26,35H,9-10,14-17,19-20H2,1-2H3;1H,(H,2,3). The highest BCUT2D eigenvalue weighted by Crippen LogP contribution is 2.34. The van der Waals surface area contributed by atoms with E-state index in [4.69, 9.17) is 42.6 Å². The van der Waals surface area contributed by atoms with Gasteiger partial charge in [-0.05, 0) is 91.7 Å². The molecule has 3 aromatic carbocycles. The smallest absolute Gasteiger partial charge is 0.290 e. The van der Waals surface area contributed by atoms with Crippen molar-refractivity contribution in [2.75, 3.05) is 26.3 Å². The average molecular weight is 612 g/mol. The topological polar surface area (TPSA) is 88.1 Å². The Labute approximate surface area is 257 Å². The summed E-state index contributed by atoms with van der Waals surface area (Å²) in [5.41, 5.74) is 6.82. The molecule has 0 aromatic heterocycles. The lowest BCUT2D eigenvalue weighted by Gasteiger charge is -2.29. The zero-order chi connectivity index (χ0) is 30.1. The molecule has 0 saturated heterocycles. The van der Waals surface area contributed by atoms with E-state index in [9.17, 15) is 4.79 Å². The fraction of sp³-hybridized carbons (Fsp3) is 0.333. The summed E-state index contributed by atoms with van der Waals surface area (Å²) in [6.45, 7) is 6.84. The number of carbonyl (C=O) groups excluding carboxylic acids is 1. The van der Waals surface area contributed by atoms with Crippen molar-refractivity contribution < 1.29 is 24.2 Å². The summed E-state index contributed by atoms with van der Waals surface area (Å²) in [5, 5.41) is 11.4. The van der Waals surface area contributed by atoms with E-state index in [-0.39, 0.29) is 12.4 Å². The zero-order valence-electron chi connectivity index (χ0n) is 23.9. The lowest BCUT2D eigenvalue weighted by molar-refractivity contribution is -0.128. The fourth-order valence-electron chi connectivity index (χ4n) is 4.95. The molecule has 0 spiro atoms. The van der Waals surface area contributed by atoms with Crippen LogP contribution in [0.2, 0.25) is 10.0 Å². The molecule has 0 atom stereocenters. The highest BCUT2D eigenvalue weighted by molar-refractivity contribution is 6.34. The third-order valence-electron chi connectivity index (χ3n) is 7.49. The number of nitrogens with one attached hydrogen (secondary N) is 1. The molecule has 9 heteroatoms. The second-order valence-corrected chi connectivity index (χ2v) is 11.2. The van der Waals surface area contributed by atoms with Crippen LogP contribution in [-0.2, 0) is 16.1 Å². The summed E-state index contributed by atoms with van der Waals surface area (Å²) in [7, 11) is 0. The summed E-state index contributed by atoms with van der Waals surface area (Å²) in [5.74, 6) is 1.44. The molecular weight excluding hydrogens is 575 g/mol. The van der Waals surface area contributed by atoms with Crippen LogP contribution in [0.5, 0.6) is 11.5 Å². The van der Waals surface area contributed by atoms with Gasteiger partial charge < -0.3 is 24.8 Å². The molecule has 0 unspecified atom stereocenters. The molecule has 7 nitrogen and oxygen atoms in total. The zero-order valence-corrected chi connectivity index (χ0v) is 25.4. The molecule has 3 aromatic rings. The quantitative estimate of drug-likeness (QED) is 0.196. The van der Waals surface area contributed by atoms with Crippen molar-refractivity contribution >= 4 is 41.2 Å². The number of carbonyl (C=O) groups is 2. The maximum absolute atomic E-state index is 13.9. The van der Waals surface area contributed by atoms with Crippen LogP contribution >= 0.6 is 23.2 Å². The number of nitrogens with zero attached hydrogens (tertiary/aromatic N) is 1. The Morgan fingerprint density at radius 1 is 1.05 bits per heavy atom. The minimum Gasteiger partial charge on any atom is -0.490 e. The lowest BCUT2D eigenvalue weighted by atomic mass is 9.93. The van der Waals surface area contributed by atoms with Gasteiger partial charge in [0.2, 0.25) is 0 Å². The molecule has 1 aliphatic carbocycles. The van der Waals surface area contributed by atoms with Gasteiger partial charge in [-0.25, -0.2) is 0 Å². The molecule has 2 aliphatic rings. The van der Waals surface area contributed by atoms with E-state index in [2.05, 4.69) is 42.3 Å². The van der Waals surface area contributed by atoms with Gasteiger partial charge in [0.1, 0.15) is 24.7 Å². The Balaban J connectivity index is 0.00000129. The van der Waals surface area contributed by atoms with Gasteiger partial charge in [0.15, 0.2) is 0 Å². The van der Waals surface area contributed by atoms with Crippen LogP contribution in [0.4, 0.5) is 0 Å². The highest BCUT2D eigenvalue weighted by Gasteiger charge is 2.35. The minimum absolute atomic E-state index is 0.151. The van der Waals surface area contributed by atoms with Gasteiger partial charge in [-0.2, -0.15) is 0 Å². The van der Waals surface area contributed by atoms with Gasteiger partial charge in [0.05, 0.1) is 5.02 Å². The van der Waals surface area contributed by atoms with Gasteiger partial charge in [-0.15, -0.1) is 0 Å². The summed E-state index contributed by atoms with van der Waals surface area (Å²) in [6.07, 6.45) is 2.97. The van der Waals surface area contributed by atoms with Gasteiger partial charge in [-0.3, -0.25) is 9.59 Å². The highest BCUT2D eigenvalue weighted by atomic mass is 35.5. The van der Waals surface area contributed by atoms with Crippen LogP contribution in [0.15, 0.2) is 66.2 Å². The van der Waals surface area contributed by atoms with E-state index in [0.717, 1.165) is 48.3 Å². The molecule has 1 saturated carbocycles. The first kappa shape index (κ1) is 31.4. The number of halogens is 2. The number of amides is 1. The van der Waals surface area contributed by atoms with Crippen LogP contribution in [-0.4, -0.2) is 54.7 Å². The Hall–Kier alpha value is -3.52. The van der Waals surface area contributed by atoms with Crippen molar-refractivity contribution in [2.45, 2.75) is 45.7 Å². The van der Waals surface area contributed by atoms with Crippen molar-refractivity contribution in [2.24, 2.45) is 0 Å². The first-order valence-electron chi connectivity index (χ1n) is 14.0. The van der Waals surface area contributed by atoms with Gasteiger partial charge in [0, 0.05) is 35.8 Å². The van der Waals surface area contributed by atoms with Crippen LogP contribution in [0, 0.1) is 13.8 Å². The lowest BCUT2D eigenvalue weighted by Crippen LogP contribution is -2.39. The van der Waals surface area contributed by atoms with E-state index in [1.54, 1.807) is 18.2 Å². The normalized spacial score (nSPS) is 14.5. The molecule has 1 heterocycles. The molecule has 0 bridgehead atoms. The molecule has 1 aliphatic heterocycles. The first-order valence-corrected chi connectivity index (χ1v) is 14.8. The van der Waals surface area contributed by atoms with E-state index in [1.165, 1.54) is 16.7 Å². The van der Waals surface area contributed by atoms with Crippen LogP contribution in [0.25, 0.3) is 5.57 Å². The van der Waals surface area contributed by atoms with E-state index in [1.807, 2.05) is 24.3 Å². The number of hydrogen-bond donors (Lipinski definition) is 2. The summed E-state index contributed by atoms with van der Waals surface area (Å²) >= 11 is 12.2. The third kappa shape index (κ3) is 8.28. The molecule has 0 radical (unpaired) electrons. The van der Waals surface area contributed by atoms with Gasteiger partial charge in [-0.1, -0.05) is 53.5 Å². The Morgan fingerprint density at radius 2 is 1.76 bits per heavy atom. The minimum atomic E-state index is -0.250. The second-order valence-electron chi connectivity index (χ2n) is 10.3. The van der Waals surface area contributed by atoms with E-state index in [0.29, 0.717) is 48.1 Å². The van der Waals surface area contributed by atoms with Gasteiger partial charge >= 0.3 is 0 Å². The summed E-state index contributed by atoms with van der Waals surface area (Å²) in [6, 6.07) is 19.8. The predicted octanol–water partition coefficient (Wildman–Crippen LogP) is 6.71. The van der Waals surface area contributed by atoms with Crippen LogP contribution < -0.4 is 14.8 Å². The van der Waals surface area contributed by atoms with Gasteiger partial charge in [0.25, 0.3) is 12.4 Å². The third-order valence-corrected chi connectivity index (χ3v) is 8.03. The summed E-state index contributed by atoms with van der Waals surface area (Å²) in [4.78, 5) is 24.4. The average Bonchev–Trinajstić information content (AvgIpc) is 3.84. The Kier molecular flexibility index (Phi) is 11.3. The fourth-order valence-corrected chi connectivity index (χ4v) is 5.29. The number of benzene rings is 3. The second kappa shape index (κ2) is 15.1. The van der Waals surface area contributed by atoms with Crippen molar-refractivity contribution in [1.29, 1.82) is 0 Å². The Bertz CT molecular complexity index is 1420. The monoisotopic (exact) mass is 610 g/mol. The van der Waals surface area contributed by atoms with Crippen molar-refractivity contribution in [3.63, 3.8) is 0 Å². The first-order chi connectivity index (χ1) is 20.3. The molecule has 1 amide bonds. The van der Waals surface area contributed by atoms with E-state index >= 15 is 0 Å². The number of rotatable bonds is 10.